The second kappa shape index (κ2) is 7.00. The maximum atomic E-state index is 4.79. The van der Waals surface area contributed by atoms with Crippen LogP contribution in [0, 0.1) is 0 Å². The van der Waals surface area contributed by atoms with Crippen LogP contribution < -0.4 is 5.32 Å². The lowest BCUT2D eigenvalue weighted by Gasteiger charge is -2.07. The van der Waals surface area contributed by atoms with E-state index in [1.165, 1.54) is 16.6 Å². The van der Waals surface area contributed by atoms with E-state index in [1.54, 1.807) is 0 Å². The fourth-order valence-electron chi connectivity index (χ4n) is 3.79. The van der Waals surface area contributed by atoms with Gasteiger partial charge in [-0.05, 0) is 31.5 Å². The van der Waals surface area contributed by atoms with E-state index in [4.69, 9.17) is 5.10 Å². The van der Waals surface area contributed by atoms with Gasteiger partial charge in [0.05, 0.1) is 17.4 Å². The molecule has 0 radical (unpaired) electrons. The number of hydrogen-bond acceptors (Lipinski definition) is 4. The van der Waals surface area contributed by atoms with Crippen molar-refractivity contribution in [3.8, 4) is 11.5 Å². The fraction of sp³-hybridized carbons (Fsp3) is 0.350. The van der Waals surface area contributed by atoms with E-state index in [2.05, 4.69) is 53.6 Å². The monoisotopic (exact) mass is 361 g/mol. The van der Waals surface area contributed by atoms with E-state index in [0.717, 1.165) is 57.1 Å². The molecule has 4 heterocycles. The number of aryl methyl sites for hydroxylation is 3. The molecule has 5 rings (SSSR count). The molecule has 0 saturated heterocycles. The van der Waals surface area contributed by atoms with Crippen molar-refractivity contribution in [3.63, 3.8) is 0 Å². The number of nitrogens with zero attached hydrogens (tertiary/aromatic N) is 6. The molecule has 0 saturated carbocycles. The van der Waals surface area contributed by atoms with Crippen LogP contribution in [0.5, 0.6) is 0 Å². The van der Waals surface area contributed by atoms with Gasteiger partial charge in [0.25, 0.3) is 0 Å². The maximum Gasteiger partial charge on any atom is 0.160 e. The molecule has 1 aliphatic rings. The largest absolute Gasteiger partial charge is 0.330 e. The Morgan fingerprint density at radius 2 is 2.11 bits per heavy atom. The lowest BCUT2D eigenvalue weighted by molar-refractivity contribution is 0.539. The zero-order valence-electron chi connectivity index (χ0n) is 15.3. The Morgan fingerprint density at radius 1 is 1.15 bits per heavy atom. The highest BCUT2D eigenvalue weighted by atomic mass is 15.3. The van der Waals surface area contributed by atoms with Crippen LogP contribution in [-0.4, -0.2) is 35.7 Å². The predicted octanol–water partition coefficient (Wildman–Crippen LogP) is 2.68. The third-order valence-electron chi connectivity index (χ3n) is 5.16. The Balaban J connectivity index is 1.31. The number of benzene rings is 1. The summed E-state index contributed by atoms with van der Waals surface area (Å²) in [5, 5.41) is 13.9. The van der Waals surface area contributed by atoms with Crippen molar-refractivity contribution in [2.24, 2.45) is 0 Å². The lowest BCUT2D eigenvalue weighted by atomic mass is 10.2. The third-order valence-corrected chi connectivity index (χ3v) is 5.16. The van der Waals surface area contributed by atoms with Crippen LogP contribution in [0.4, 0.5) is 0 Å². The number of nitrogens with one attached hydrogen (secondary N) is 1. The van der Waals surface area contributed by atoms with Gasteiger partial charge in [-0.3, -0.25) is 9.36 Å². The van der Waals surface area contributed by atoms with Gasteiger partial charge in [0.1, 0.15) is 5.69 Å². The summed E-state index contributed by atoms with van der Waals surface area (Å²) in [6.45, 7) is 4.67. The van der Waals surface area contributed by atoms with E-state index in [-0.39, 0.29) is 0 Å². The molecule has 138 valence electrons. The molecule has 0 unspecified atom stereocenters. The van der Waals surface area contributed by atoms with Gasteiger partial charge in [-0.15, -0.1) is 0 Å². The van der Waals surface area contributed by atoms with Gasteiger partial charge in [-0.25, -0.2) is 4.98 Å². The summed E-state index contributed by atoms with van der Waals surface area (Å²) in [5.74, 6) is 0.945. The maximum absolute atomic E-state index is 4.79. The highest BCUT2D eigenvalue weighted by Crippen LogP contribution is 2.20. The van der Waals surface area contributed by atoms with Crippen molar-refractivity contribution in [1.82, 2.24) is 34.4 Å². The number of imidazole rings is 1. The van der Waals surface area contributed by atoms with Crippen molar-refractivity contribution in [2.75, 3.05) is 6.54 Å². The van der Waals surface area contributed by atoms with Crippen LogP contribution in [0.15, 0.2) is 48.9 Å². The minimum atomic E-state index is 0.875. The van der Waals surface area contributed by atoms with Crippen molar-refractivity contribution in [3.05, 3.63) is 54.6 Å². The van der Waals surface area contributed by atoms with E-state index in [9.17, 15) is 0 Å². The Labute approximate surface area is 157 Å². The van der Waals surface area contributed by atoms with E-state index < -0.39 is 0 Å². The van der Waals surface area contributed by atoms with E-state index in [1.807, 2.05) is 24.7 Å². The summed E-state index contributed by atoms with van der Waals surface area (Å²) in [7, 11) is 0. The second-order valence-electron chi connectivity index (χ2n) is 7.00. The molecular formula is C20H23N7. The summed E-state index contributed by atoms with van der Waals surface area (Å²) in [6.07, 6.45) is 7.94. The van der Waals surface area contributed by atoms with Gasteiger partial charge < -0.3 is 9.88 Å². The van der Waals surface area contributed by atoms with Crippen molar-refractivity contribution in [1.29, 1.82) is 0 Å². The fourth-order valence-corrected chi connectivity index (χ4v) is 3.79. The topological polar surface area (TPSA) is 65.5 Å². The summed E-state index contributed by atoms with van der Waals surface area (Å²) in [4.78, 5) is 4.56. The van der Waals surface area contributed by atoms with Gasteiger partial charge >= 0.3 is 0 Å². The zero-order chi connectivity index (χ0) is 18.1. The first-order valence-electron chi connectivity index (χ1n) is 9.58. The quantitative estimate of drug-likeness (QED) is 0.594. The number of aromatic nitrogens is 6. The molecule has 4 aromatic rings. The summed E-state index contributed by atoms with van der Waals surface area (Å²) in [6, 6.07) is 10.5. The van der Waals surface area contributed by atoms with Gasteiger partial charge in [-0.1, -0.05) is 18.2 Å². The Bertz CT molecular complexity index is 1030. The molecule has 0 bridgehead atoms. The van der Waals surface area contributed by atoms with Crippen molar-refractivity contribution in [2.45, 2.75) is 39.0 Å². The zero-order valence-corrected chi connectivity index (χ0v) is 15.3. The minimum absolute atomic E-state index is 0.875. The molecular weight excluding hydrogens is 338 g/mol. The highest BCUT2D eigenvalue weighted by molar-refractivity contribution is 5.78. The molecule has 1 aromatic carbocycles. The highest BCUT2D eigenvalue weighted by Gasteiger charge is 2.15. The summed E-state index contributed by atoms with van der Waals surface area (Å²) >= 11 is 0. The first kappa shape index (κ1) is 16.3. The lowest BCUT2D eigenvalue weighted by Crippen LogP contribution is -2.11. The average molecular weight is 361 g/mol. The van der Waals surface area contributed by atoms with Crippen LogP contribution >= 0.6 is 0 Å². The van der Waals surface area contributed by atoms with Gasteiger partial charge in [0.2, 0.25) is 0 Å². The molecule has 1 aliphatic heterocycles. The summed E-state index contributed by atoms with van der Waals surface area (Å²) < 4.78 is 6.39. The number of hydrogen-bond donors (Lipinski definition) is 1. The molecule has 0 amide bonds. The van der Waals surface area contributed by atoms with Crippen LogP contribution in [-0.2, 0) is 26.2 Å². The number of rotatable bonds is 5. The van der Waals surface area contributed by atoms with Crippen LogP contribution in [0.1, 0.15) is 18.5 Å². The van der Waals surface area contributed by atoms with Crippen LogP contribution in [0.25, 0.3) is 22.4 Å². The number of fused-ring (bicyclic) bond motifs is 2. The Morgan fingerprint density at radius 3 is 3.11 bits per heavy atom. The summed E-state index contributed by atoms with van der Waals surface area (Å²) in [5.41, 5.74) is 3.39. The molecule has 7 nitrogen and oxygen atoms in total. The van der Waals surface area contributed by atoms with Crippen molar-refractivity contribution >= 4 is 10.9 Å². The SMILES string of the molecule is c1ccc2c(c1)cnn2CCCn1ccnc1-c1cc2n(n1)CCCNC2. The molecule has 0 aliphatic carbocycles. The van der Waals surface area contributed by atoms with Crippen molar-refractivity contribution < 1.29 is 0 Å². The van der Waals surface area contributed by atoms with Crippen LogP contribution in [0.3, 0.4) is 0 Å². The smallest absolute Gasteiger partial charge is 0.160 e. The van der Waals surface area contributed by atoms with E-state index in [0.29, 0.717) is 0 Å². The molecule has 7 heteroatoms. The van der Waals surface area contributed by atoms with Gasteiger partial charge in [-0.2, -0.15) is 10.2 Å². The Kier molecular flexibility index (Phi) is 4.21. The molecule has 27 heavy (non-hydrogen) atoms. The molecule has 0 spiro atoms. The minimum Gasteiger partial charge on any atom is -0.330 e. The predicted molar refractivity (Wildman–Crippen MR) is 104 cm³/mol. The standard InChI is InChI=1S/C20H23N7/c1-2-6-19-16(5-1)14-23-27(19)11-4-9-25-12-8-22-20(25)18-13-17-15-21-7-3-10-26(17)24-18/h1-2,5-6,8,12-14,21H,3-4,7,9-11,15H2. The normalized spacial score (nSPS) is 14.4. The molecule has 3 aromatic heterocycles. The third kappa shape index (κ3) is 3.14. The molecule has 0 atom stereocenters. The molecule has 0 fully saturated rings. The van der Waals surface area contributed by atoms with Gasteiger partial charge in [0, 0.05) is 44.0 Å². The molecule has 1 N–H and O–H groups in total. The van der Waals surface area contributed by atoms with Crippen LogP contribution in [0.2, 0.25) is 0 Å². The number of para-hydroxylation sites is 1. The first-order chi connectivity index (χ1) is 13.4. The average Bonchev–Trinajstić information content (AvgIpc) is 3.38. The Hall–Kier alpha value is -2.93. The first-order valence-corrected chi connectivity index (χ1v) is 9.58. The van der Waals surface area contributed by atoms with E-state index >= 15 is 0 Å². The van der Waals surface area contributed by atoms with Gasteiger partial charge in [0.15, 0.2) is 5.82 Å². The second-order valence-corrected chi connectivity index (χ2v) is 7.00.